The van der Waals surface area contributed by atoms with Gasteiger partial charge < -0.3 is 5.32 Å². The Kier molecular flexibility index (Phi) is 7.82. The molecular weight excluding hydrogens is 256 g/mol. The summed E-state index contributed by atoms with van der Waals surface area (Å²) >= 11 is 1.42. The molecule has 0 aliphatic rings. The first-order valence-electron chi connectivity index (χ1n) is 6.66. The molecule has 0 radical (unpaired) electrons. The van der Waals surface area contributed by atoms with Gasteiger partial charge in [-0.3, -0.25) is 4.72 Å². The van der Waals surface area contributed by atoms with Gasteiger partial charge >= 0.3 is 6.03 Å². The lowest BCUT2D eigenvalue weighted by atomic mass is 10.1. The van der Waals surface area contributed by atoms with E-state index in [9.17, 15) is 4.79 Å². The van der Waals surface area contributed by atoms with Gasteiger partial charge in [0.05, 0.1) is 0 Å². The summed E-state index contributed by atoms with van der Waals surface area (Å²) in [4.78, 5) is 11.7. The van der Waals surface area contributed by atoms with Crippen LogP contribution < -0.4 is 10.0 Å². The van der Waals surface area contributed by atoms with Crippen molar-refractivity contribution in [1.29, 1.82) is 0 Å². The number of carbonyl (C=O) groups is 1. The number of hydrogen-bond donors (Lipinski definition) is 2. The second kappa shape index (κ2) is 9.50. The minimum Gasteiger partial charge on any atom is -0.307 e. The van der Waals surface area contributed by atoms with Crippen LogP contribution in [0.15, 0.2) is 43.0 Å². The van der Waals surface area contributed by atoms with Gasteiger partial charge in [-0.2, -0.15) is 0 Å². The molecule has 0 bridgehead atoms. The lowest BCUT2D eigenvalue weighted by Gasteiger charge is -2.13. The van der Waals surface area contributed by atoms with Crippen LogP contribution in [-0.4, -0.2) is 11.3 Å². The first-order valence-corrected chi connectivity index (χ1v) is 7.54. The highest BCUT2D eigenvalue weighted by Gasteiger charge is 2.07. The Morgan fingerprint density at radius 3 is 2.74 bits per heavy atom. The summed E-state index contributed by atoms with van der Waals surface area (Å²) < 4.78 is 2.80. The first kappa shape index (κ1) is 15.6. The zero-order valence-electron chi connectivity index (χ0n) is 11.4. The van der Waals surface area contributed by atoms with E-state index < -0.39 is 0 Å². The van der Waals surface area contributed by atoms with Crippen molar-refractivity contribution in [2.45, 2.75) is 37.9 Å². The van der Waals surface area contributed by atoms with Crippen molar-refractivity contribution < 1.29 is 4.79 Å². The lowest BCUT2D eigenvalue weighted by Crippen LogP contribution is -2.25. The average Bonchev–Trinajstić information content (AvgIpc) is 2.44. The van der Waals surface area contributed by atoms with Gasteiger partial charge in [-0.25, -0.2) is 4.79 Å². The van der Waals surface area contributed by atoms with Gasteiger partial charge in [0.2, 0.25) is 0 Å². The van der Waals surface area contributed by atoms with Crippen LogP contribution >= 0.6 is 11.9 Å². The number of unbranched alkanes of at least 4 members (excludes halogenated alkanes) is 2. The Bertz CT molecular complexity index is 381. The normalized spacial score (nSPS) is 11.6. The molecule has 0 fully saturated rings. The molecular formula is C15H22N2OS. The molecule has 1 aromatic rings. The van der Waals surface area contributed by atoms with Crippen LogP contribution in [0.5, 0.6) is 0 Å². The summed E-state index contributed by atoms with van der Waals surface area (Å²) in [7, 11) is 0. The number of urea groups is 1. The standard InChI is InChI=1S/C15H22N2OS/c1-3-5-7-12-14(4-2)19-17-15(18)16-13-10-8-6-9-11-13/h4,6,8-11,14H,2-3,5,7,12H2,1H3,(H2,16,17,18)/t14-/m1/s1. The van der Waals surface area contributed by atoms with E-state index in [0.29, 0.717) is 0 Å². The SMILES string of the molecule is C=C[C@H](CCCCC)SNC(=O)Nc1ccccc1. The molecule has 1 aromatic carbocycles. The number of hydrogen-bond acceptors (Lipinski definition) is 2. The quantitative estimate of drug-likeness (QED) is 0.415. The maximum atomic E-state index is 11.7. The van der Waals surface area contributed by atoms with Crippen LogP contribution in [-0.2, 0) is 0 Å². The first-order chi connectivity index (χ1) is 9.26. The fraction of sp³-hybridized carbons (Fsp3) is 0.400. The van der Waals surface area contributed by atoms with Gasteiger partial charge in [-0.05, 0) is 30.5 Å². The van der Waals surface area contributed by atoms with Crippen LogP contribution in [0.4, 0.5) is 10.5 Å². The van der Waals surface area contributed by atoms with Gasteiger partial charge in [0.25, 0.3) is 0 Å². The number of para-hydroxylation sites is 1. The Morgan fingerprint density at radius 1 is 1.37 bits per heavy atom. The van der Waals surface area contributed by atoms with E-state index in [2.05, 4.69) is 23.5 Å². The summed E-state index contributed by atoms with van der Waals surface area (Å²) in [6, 6.07) is 9.21. The Balaban J connectivity index is 2.26. The molecule has 0 unspecified atom stereocenters. The summed E-state index contributed by atoms with van der Waals surface area (Å²) in [5.41, 5.74) is 0.793. The van der Waals surface area contributed by atoms with E-state index in [1.807, 2.05) is 36.4 Å². The molecule has 2 amide bonds. The van der Waals surface area contributed by atoms with Crippen LogP contribution in [0.3, 0.4) is 0 Å². The highest BCUT2D eigenvalue weighted by atomic mass is 32.2. The lowest BCUT2D eigenvalue weighted by molar-refractivity contribution is 0.257. The maximum absolute atomic E-state index is 11.7. The topological polar surface area (TPSA) is 41.1 Å². The fourth-order valence-corrected chi connectivity index (χ4v) is 2.32. The minimum absolute atomic E-state index is 0.196. The third-order valence-corrected chi connectivity index (χ3v) is 3.72. The van der Waals surface area contributed by atoms with Crippen molar-refractivity contribution in [2.24, 2.45) is 0 Å². The third-order valence-electron chi connectivity index (χ3n) is 2.69. The monoisotopic (exact) mass is 278 g/mol. The van der Waals surface area contributed by atoms with Crippen LogP contribution in [0.2, 0.25) is 0 Å². The summed E-state index contributed by atoms with van der Waals surface area (Å²) in [6.45, 7) is 5.99. The number of amides is 2. The smallest absolute Gasteiger partial charge is 0.307 e. The van der Waals surface area contributed by atoms with Crippen LogP contribution in [0.1, 0.15) is 32.6 Å². The number of nitrogens with one attached hydrogen (secondary N) is 2. The molecule has 0 spiro atoms. The van der Waals surface area contributed by atoms with Gasteiger partial charge in [-0.1, -0.05) is 50.5 Å². The van der Waals surface area contributed by atoms with Gasteiger partial charge in [0.15, 0.2) is 0 Å². The zero-order valence-corrected chi connectivity index (χ0v) is 12.2. The molecule has 0 heterocycles. The molecule has 3 nitrogen and oxygen atoms in total. The van der Waals surface area contributed by atoms with Crippen molar-refractivity contribution in [3.05, 3.63) is 43.0 Å². The predicted molar refractivity (Wildman–Crippen MR) is 84.3 cm³/mol. The van der Waals surface area contributed by atoms with Crippen molar-refractivity contribution in [2.75, 3.05) is 5.32 Å². The maximum Gasteiger partial charge on any atom is 0.329 e. The van der Waals surface area contributed by atoms with Crippen LogP contribution in [0.25, 0.3) is 0 Å². The summed E-state index contributed by atoms with van der Waals surface area (Å²) in [5, 5.41) is 3.05. The van der Waals surface area contributed by atoms with E-state index in [1.54, 1.807) is 0 Å². The predicted octanol–water partition coefficient (Wildman–Crippen LogP) is 4.59. The van der Waals surface area contributed by atoms with Gasteiger partial charge in [0.1, 0.15) is 0 Å². The van der Waals surface area contributed by atoms with Crippen molar-refractivity contribution in [1.82, 2.24) is 4.72 Å². The molecule has 0 saturated carbocycles. The molecule has 2 N–H and O–H groups in total. The van der Waals surface area contributed by atoms with E-state index >= 15 is 0 Å². The zero-order chi connectivity index (χ0) is 13.9. The summed E-state index contributed by atoms with van der Waals surface area (Å²) in [5.74, 6) is 0. The highest BCUT2D eigenvalue weighted by molar-refractivity contribution is 7.98. The largest absolute Gasteiger partial charge is 0.329 e. The van der Waals surface area contributed by atoms with Crippen molar-refractivity contribution in [3.8, 4) is 0 Å². The molecule has 0 aliphatic carbocycles. The van der Waals surface area contributed by atoms with E-state index in [0.717, 1.165) is 12.1 Å². The number of anilines is 1. The number of rotatable bonds is 8. The molecule has 104 valence electrons. The molecule has 19 heavy (non-hydrogen) atoms. The Hall–Kier alpha value is -1.42. The molecule has 1 atom stereocenters. The highest BCUT2D eigenvalue weighted by Crippen LogP contribution is 2.16. The van der Waals surface area contributed by atoms with Crippen molar-refractivity contribution in [3.63, 3.8) is 0 Å². The average molecular weight is 278 g/mol. The van der Waals surface area contributed by atoms with E-state index in [4.69, 9.17) is 0 Å². The Labute approximate surface area is 120 Å². The number of benzene rings is 1. The fourth-order valence-electron chi connectivity index (χ4n) is 1.63. The van der Waals surface area contributed by atoms with Gasteiger partial charge in [-0.15, -0.1) is 6.58 Å². The molecule has 4 heteroatoms. The van der Waals surface area contributed by atoms with E-state index in [1.165, 1.54) is 31.2 Å². The minimum atomic E-state index is -0.196. The molecule has 1 rings (SSSR count). The molecule has 0 aromatic heterocycles. The second-order valence-electron chi connectivity index (χ2n) is 4.31. The third kappa shape index (κ3) is 6.91. The molecule has 0 saturated heterocycles. The number of carbonyl (C=O) groups excluding carboxylic acids is 1. The Morgan fingerprint density at radius 2 is 2.11 bits per heavy atom. The molecule has 0 aliphatic heterocycles. The van der Waals surface area contributed by atoms with Crippen LogP contribution in [0, 0.1) is 0 Å². The van der Waals surface area contributed by atoms with Gasteiger partial charge in [0, 0.05) is 10.9 Å². The van der Waals surface area contributed by atoms with E-state index in [-0.39, 0.29) is 11.3 Å². The summed E-state index contributed by atoms with van der Waals surface area (Å²) in [6.07, 6.45) is 6.54. The van der Waals surface area contributed by atoms with Crippen molar-refractivity contribution >= 4 is 23.7 Å². The second-order valence-corrected chi connectivity index (χ2v) is 5.36.